The number of halogens is 1. The molecule has 1 aromatic carbocycles. The van der Waals surface area contributed by atoms with Crippen molar-refractivity contribution in [3.8, 4) is 0 Å². The van der Waals surface area contributed by atoms with E-state index in [4.69, 9.17) is 26.0 Å². The van der Waals surface area contributed by atoms with Crippen LogP contribution in [0, 0.1) is 6.92 Å². The molecule has 0 radical (unpaired) electrons. The van der Waals surface area contributed by atoms with E-state index in [0.29, 0.717) is 28.6 Å². The molecule has 0 atom stereocenters. The van der Waals surface area contributed by atoms with E-state index < -0.39 is 0 Å². The normalized spacial score (nSPS) is 17.9. The summed E-state index contributed by atoms with van der Waals surface area (Å²) in [6.07, 6.45) is 9.18. The molecule has 30 heavy (non-hydrogen) atoms. The number of hydrogen-bond donors (Lipinski definition) is 0. The van der Waals surface area contributed by atoms with E-state index in [0.717, 1.165) is 47.5 Å². The minimum atomic E-state index is -0.356. The van der Waals surface area contributed by atoms with Crippen molar-refractivity contribution in [3.05, 3.63) is 68.0 Å². The molecule has 1 fully saturated rings. The lowest BCUT2D eigenvalue weighted by Crippen LogP contribution is -2.33. The first-order valence-corrected chi connectivity index (χ1v) is 11.2. The van der Waals surface area contributed by atoms with Gasteiger partial charge in [-0.2, -0.15) is 0 Å². The van der Waals surface area contributed by atoms with Gasteiger partial charge in [0.05, 0.1) is 10.6 Å². The predicted molar refractivity (Wildman–Crippen MR) is 118 cm³/mol. The van der Waals surface area contributed by atoms with E-state index in [1.807, 2.05) is 25.3 Å². The molecule has 2 aromatic heterocycles. The fourth-order valence-electron chi connectivity index (χ4n) is 4.76. The van der Waals surface area contributed by atoms with Crippen LogP contribution >= 0.6 is 11.6 Å². The average molecular weight is 424 g/mol. The Hall–Kier alpha value is -2.24. The molecule has 6 heteroatoms. The number of aromatic nitrogens is 2. The summed E-state index contributed by atoms with van der Waals surface area (Å²) in [4.78, 5) is 24.4. The summed E-state index contributed by atoms with van der Waals surface area (Å²) >= 11 is 6.63. The van der Waals surface area contributed by atoms with Crippen molar-refractivity contribution in [2.75, 3.05) is 6.54 Å². The molecule has 0 bridgehead atoms. The highest BCUT2D eigenvalue weighted by molar-refractivity contribution is 6.36. The van der Waals surface area contributed by atoms with E-state index >= 15 is 0 Å². The van der Waals surface area contributed by atoms with Crippen molar-refractivity contribution < 1.29 is 4.42 Å². The SMILES string of the molecule is Cc1ccc2oc(=O)c(CN3CCc4nc(C5CCCCC5)ncc4C3)c(Cl)c2c1. The average Bonchev–Trinajstić information content (AvgIpc) is 2.77. The first kappa shape index (κ1) is 19.7. The highest BCUT2D eigenvalue weighted by atomic mass is 35.5. The zero-order chi connectivity index (χ0) is 20.7. The van der Waals surface area contributed by atoms with Gasteiger partial charge >= 0.3 is 5.63 Å². The molecule has 5 rings (SSSR count). The highest BCUT2D eigenvalue weighted by Crippen LogP contribution is 2.32. The summed E-state index contributed by atoms with van der Waals surface area (Å²) in [7, 11) is 0. The summed E-state index contributed by atoms with van der Waals surface area (Å²) in [6, 6.07) is 5.70. The molecule has 3 heterocycles. The topological polar surface area (TPSA) is 59.2 Å². The Labute approximate surface area is 181 Å². The van der Waals surface area contributed by atoms with Gasteiger partial charge in [0.25, 0.3) is 0 Å². The van der Waals surface area contributed by atoms with Crippen LogP contribution < -0.4 is 5.63 Å². The van der Waals surface area contributed by atoms with Gasteiger partial charge in [0, 0.05) is 54.8 Å². The third-order valence-electron chi connectivity index (χ3n) is 6.47. The molecule has 0 saturated heterocycles. The first-order valence-electron chi connectivity index (χ1n) is 10.9. The molecule has 0 spiro atoms. The van der Waals surface area contributed by atoms with Crippen LogP contribution in [0.2, 0.25) is 5.02 Å². The molecule has 5 nitrogen and oxygen atoms in total. The van der Waals surface area contributed by atoms with E-state index in [2.05, 4.69) is 4.90 Å². The summed E-state index contributed by atoms with van der Waals surface area (Å²) in [5, 5.41) is 1.30. The van der Waals surface area contributed by atoms with Crippen molar-refractivity contribution in [1.29, 1.82) is 0 Å². The number of nitrogens with zero attached hydrogens (tertiary/aromatic N) is 3. The van der Waals surface area contributed by atoms with E-state index in [-0.39, 0.29) is 5.63 Å². The van der Waals surface area contributed by atoms with Crippen LogP contribution in [0.5, 0.6) is 0 Å². The minimum Gasteiger partial charge on any atom is -0.422 e. The van der Waals surface area contributed by atoms with E-state index in [1.165, 1.54) is 32.1 Å². The second-order valence-electron chi connectivity index (χ2n) is 8.68. The Morgan fingerprint density at radius 2 is 2.07 bits per heavy atom. The quantitative estimate of drug-likeness (QED) is 0.545. The van der Waals surface area contributed by atoms with Gasteiger partial charge in [-0.15, -0.1) is 0 Å². The largest absolute Gasteiger partial charge is 0.422 e. The molecule has 0 unspecified atom stereocenters. The van der Waals surface area contributed by atoms with Crippen LogP contribution in [0.3, 0.4) is 0 Å². The van der Waals surface area contributed by atoms with Crippen molar-refractivity contribution in [1.82, 2.24) is 14.9 Å². The first-order chi connectivity index (χ1) is 14.6. The molecular formula is C24H26ClN3O2. The van der Waals surface area contributed by atoms with Gasteiger partial charge in [-0.25, -0.2) is 14.8 Å². The van der Waals surface area contributed by atoms with Gasteiger partial charge in [0.15, 0.2) is 0 Å². The summed E-state index contributed by atoms with van der Waals surface area (Å²) < 4.78 is 5.53. The van der Waals surface area contributed by atoms with E-state index in [1.54, 1.807) is 6.07 Å². The smallest absolute Gasteiger partial charge is 0.342 e. The highest BCUT2D eigenvalue weighted by Gasteiger charge is 2.24. The van der Waals surface area contributed by atoms with Crippen LogP contribution in [-0.4, -0.2) is 21.4 Å². The minimum absolute atomic E-state index is 0.356. The molecular weight excluding hydrogens is 398 g/mol. The molecule has 3 aromatic rings. The van der Waals surface area contributed by atoms with Crippen molar-refractivity contribution in [3.63, 3.8) is 0 Å². The van der Waals surface area contributed by atoms with Crippen LogP contribution in [0.1, 0.15) is 66.2 Å². The van der Waals surface area contributed by atoms with Crippen molar-refractivity contribution in [2.45, 2.75) is 64.5 Å². The molecule has 1 saturated carbocycles. The van der Waals surface area contributed by atoms with Crippen LogP contribution in [0.15, 0.2) is 33.6 Å². The molecule has 1 aliphatic heterocycles. The Kier molecular flexibility index (Phi) is 5.34. The Morgan fingerprint density at radius 1 is 1.23 bits per heavy atom. The lowest BCUT2D eigenvalue weighted by molar-refractivity contribution is 0.239. The number of benzene rings is 1. The van der Waals surface area contributed by atoms with Crippen LogP contribution in [0.25, 0.3) is 11.0 Å². The zero-order valence-corrected chi connectivity index (χ0v) is 18.0. The maximum Gasteiger partial charge on any atom is 0.342 e. The third kappa shape index (κ3) is 3.77. The molecule has 2 aliphatic rings. The van der Waals surface area contributed by atoms with Gasteiger partial charge in [-0.05, 0) is 31.9 Å². The van der Waals surface area contributed by atoms with Crippen LogP contribution in [0.4, 0.5) is 0 Å². The molecule has 1 aliphatic carbocycles. The monoisotopic (exact) mass is 423 g/mol. The lowest BCUT2D eigenvalue weighted by atomic mass is 9.88. The zero-order valence-electron chi connectivity index (χ0n) is 17.3. The summed E-state index contributed by atoms with van der Waals surface area (Å²) in [5.74, 6) is 1.54. The van der Waals surface area contributed by atoms with Gasteiger partial charge in [-0.1, -0.05) is 42.5 Å². The lowest BCUT2D eigenvalue weighted by Gasteiger charge is -2.29. The number of hydrogen-bond acceptors (Lipinski definition) is 5. The second-order valence-corrected chi connectivity index (χ2v) is 9.06. The maximum absolute atomic E-state index is 12.6. The predicted octanol–water partition coefficient (Wildman–Crippen LogP) is 5.15. The standard InChI is InChI=1S/C24H26ClN3O2/c1-15-7-8-21-18(11-15)22(25)19(24(29)30-21)14-28-10-9-20-17(13-28)12-26-23(27-20)16-5-3-2-4-6-16/h7-8,11-12,16H,2-6,9-10,13-14H2,1H3. The van der Waals surface area contributed by atoms with Gasteiger partial charge < -0.3 is 4.42 Å². The van der Waals surface area contributed by atoms with Gasteiger partial charge in [0.2, 0.25) is 0 Å². The van der Waals surface area contributed by atoms with Gasteiger partial charge in [0.1, 0.15) is 11.4 Å². The molecule has 0 N–H and O–H groups in total. The van der Waals surface area contributed by atoms with Crippen molar-refractivity contribution >= 4 is 22.6 Å². The Morgan fingerprint density at radius 3 is 2.90 bits per heavy atom. The Bertz CT molecular complexity index is 1150. The number of fused-ring (bicyclic) bond motifs is 2. The van der Waals surface area contributed by atoms with Crippen LogP contribution in [-0.2, 0) is 19.5 Å². The Balaban J connectivity index is 1.37. The summed E-state index contributed by atoms with van der Waals surface area (Å²) in [6.45, 7) is 4.04. The van der Waals surface area contributed by atoms with Gasteiger partial charge in [-0.3, -0.25) is 4.90 Å². The van der Waals surface area contributed by atoms with Crippen molar-refractivity contribution in [2.24, 2.45) is 0 Å². The summed E-state index contributed by atoms with van der Waals surface area (Å²) in [5.41, 5.74) is 4.10. The molecule has 156 valence electrons. The fraction of sp³-hybridized carbons (Fsp3) is 0.458. The maximum atomic E-state index is 12.6. The second kappa shape index (κ2) is 8.12. The third-order valence-corrected chi connectivity index (χ3v) is 6.90. The molecule has 0 amide bonds. The van der Waals surface area contributed by atoms with E-state index in [9.17, 15) is 4.79 Å². The number of rotatable bonds is 3. The number of aryl methyl sites for hydroxylation is 1. The fourth-order valence-corrected chi connectivity index (χ4v) is 5.04.